The van der Waals surface area contributed by atoms with E-state index in [0.29, 0.717) is 25.7 Å². The van der Waals surface area contributed by atoms with Crippen LogP contribution in [0, 0.1) is 0 Å². The van der Waals surface area contributed by atoms with Crippen LogP contribution in [0.1, 0.15) is 30.0 Å². The van der Waals surface area contributed by atoms with Crippen molar-refractivity contribution in [3.05, 3.63) is 65.2 Å². The SMILES string of the molecule is CCCOCc1cccc(C2(c3ccc(OC(F)F)cc3)CN(C)C(N)=N2)c1. The lowest BCUT2D eigenvalue weighted by Gasteiger charge is -2.28. The Morgan fingerprint density at radius 1 is 1.18 bits per heavy atom. The minimum Gasteiger partial charge on any atom is -0.435 e. The van der Waals surface area contributed by atoms with E-state index in [4.69, 9.17) is 15.5 Å². The van der Waals surface area contributed by atoms with Gasteiger partial charge in [-0.2, -0.15) is 8.78 Å². The minimum atomic E-state index is -2.86. The van der Waals surface area contributed by atoms with E-state index in [0.717, 1.165) is 23.1 Å². The highest BCUT2D eigenvalue weighted by molar-refractivity contribution is 5.81. The number of ether oxygens (including phenoxy) is 2. The molecule has 1 atom stereocenters. The highest BCUT2D eigenvalue weighted by Crippen LogP contribution is 2.39. The standard InChI is InChI=1S/C21H25F2N3O2/c1-3-11-27-13-15-5-4-6-17(12-15)21(14-26(2)20(24)25-21)16-7-9-18(10-8-16)28-19(22)23/h4-10,12,19H,3,11,13-14H2,1-2H3,(H2,24,25). The third kappa shape index (κ3) is 4.25. The quantitative estimate of drug-likeness (QED) is 0.699. The zero-order valence-electron chi connectivity index (χ0n) is 16.1. The summed E-state index contributed by atoms with van der Waals surface area (Å²) < 4.78 is 35.0. The number of benzene rings is 2. The molecule has 0 aromatic heterocycles. The number of alkyl halides is 2. The first-order chi connectivity index (χ1) is 13.4. The second kappa shape index (κ2) is 8.56. The highest BCUT2D eigenvalue weighted by Gasteiger charge is 2.40. The van der Waals surface area contributed by atoms with E-state index in [2.05, 4.69) is 17.7 Å². The predicted molar refractivity (Wildman–Crippen MR) is 104 cm³/mol. The van der Waals surface area contributed by atoms with Crippen molar-refractivity contribution >= 4 is 5.96 Å². The molecule has 1 unspecified atom stereocenters. The van der Waals surface area contributed by atoms with Crippen LogP contribution in [0.3, 0.4) is 0 Å². The molecule has 2 aromatic carbocycles. The molecule has 0 saturated heterocycles. The van der Waals surface area contributed by atoms with Gasteiger partial charge in [0, 0.05) is 13.7 Å². The van der Waals surface area contributed by atoms with E-state index in [1.54, 1.807) is 12.1 Å². The average molecular weight is 389 g/mol. The molecular formula is C21H25F2N3O2. The number of nitrogens with two attached hydrogens (primary N) is 1. The van der Waals surface area contributed by atoms with Gasteiger partial charge in [-0.3, -0.25) is 0 Å². The molecule has 0 bridgehead atoms. The molecule has 28 heavy (non-hydrogen) atoms. The second-order valence-electron chi connectivity index (χ2n) is 6.84. The van der Waals surface area contributed by atoms with Crippen LogP contribution in [0.2, 0.25) is 0 Å². The molecule has 0 saturated carbocycles. The molecule has 0 spiro atoms. The molecule has 0 fully saturated rings. The maximum absolute atomic E-state index is 12.5. The minimum absolute atomic E-state index is 0.110. The summed E-state index contributed by atoms with van der Waals surface area (Å²) in [6.07, 6.45) is 0.961. The van der Waals surface area contributed by atoms with Gasteiger partial charge in [0.1, 0.15) is 11.3 Å². The molecular weight excluding hydrogens is 364 g/mol. The van der Waals surface area contributed by atoms with Gasteiger partial charge in [0.05, 0.1) is 13.2 Å². The summed E-state index contributed by atoms with van der Waals surface area (Å²) in [7, 11) is 1.88. The monoisotopic (exact) mass is 389 g/mol. The van der Waals surface area contributed by atoms with Crippen LogP contribution in [0.25, 0.3) is 0 Å². The lowest BCUT2D eigenvalue weighted by atomic mass is 9.83. The van der Waals surface area contributed by atoms with Gasteiger partial charge >= 0.3 is 6.61 Å². The van der Waals surface area contributed by atoms with Crippen LogP contribution >= 0.6 is 0 Å². The van der Waals surface area contributed by atoms with Gasteiger partial charge in [0.25, 0.3) is 0 Å². The molecule has 0 amide bonds. The van der Waals surface area contributed by atoms with E-state index in [1.165, 1.54) is 12.1 Å². The highest BCUT2D eigenvalue weighted by atomic mass is 19.3. The van der Waals surface area contributed by atoms with Crippen LogP contribution in [-0.2, 0) is 16.9 Å². The van der Waals surface area contributed by atoms with Gasteiger partial charge in [-0.15, -0.1) is 0 Å². The maximum atomic E-state index is 12.5. The fourth-order valence-electron chi connectivity index (χ4n) is 3.38. The number of guanidine groups is 1. The first-order valence-corrected chi connectivity index (χ1v) is 9.23. The van der Waals surface area contributed by atoms with Crippen LogP contribution < -0.4 is 10.5 Å². The number of hydrogen-bond acceptors (Lipinski definition) is 5. The van der Waals surface area contributed by atoms with Crippen LogP contribution in [-0.4, -0.2) is 37.7 Å². The lowest BCUT2D eigenvalue weighted by molar-refractivity contribution is -0.0498. The van der Waals surface area contributed by atoms with Crippen LogP contribution in [0.15, 0.2) is 53.5 Å². The molecule has 5 nitrogen and oxygen atoms in total. The van der Waals surface area contributed by atoms with Crippen molar-refractivity contribution in [3.8, 4) is 5.75 Å². The Bertz CT molecular complexity index is 827. The maximum Gasteiger partial charge on any atom is 0.387 e. The van der Waals surface area contributed by atoms with Gasteiger partial charge in [0.2, 0.25) is 0 Å². The van der Waals surface area contributed by atoms with Crippen molar-refractivity contribution in [2.75, 3.05) is 20.2 Å². The zero-order chi connectivity index (χ0) is 20.1. The molecule has 3 rings (SSSR count). The van der Waals surface area contributed by atoms with Crippen molar-refractivity contribution in [2.45, 2.75) is 32.1 Å². The van der Waals surface area contributed by atoms with Gasteiger partial charge in [0.15, 0.2) is 5.96 Å². The topological polar surface area (TPSA) is 60.1 Å². The lowest BCUT2D eigenvalue weighted by Crippen LogP contribution is -2.34. The molecule has 2 aromatic rings. The smallest absolute Gasteiger partial charge is 0.387 e. The van der Waals surface area contributed by atoms with Crippen molar-refractivity contribution in [3.63, 3.8) is 0 Å². The summed E-state index contributed by atoms with van der Waals surface area (Å²) in [5.74, 6) is 0.541. The average Bonchev–Trinajstić information content (AvgIpc) is 2.98. The Labute approximate surface area is 163 Å². The molecule has 7 heteroatoms. The predicted octanol–water partition coefficient (Wildman–Crippen LogP) is 3.72. The summed E-state index contributed by atoms with van der Waals surface area (Å²) in [5, 5.41) is 0. The zero-order valence-corrected chi connectivity index (χ0v) is 16.1. The van der Waals surface area contributed by atoms with Gasteiger partial charge in [-0.25, -0.2) is 4.99 Å². The number of likely N-dealkylation sites (N-methyl/N-ethyl adjacent to an activating group) is 1. The largest absolute Gasteiger partial charge is 0.435 e. The number of hydrogen-bond donors (Lipinski definition) is 1. The number of rotatable bonds is 8. The fourth-order valence-corrected chi connectivity index (χ4v) is 3.38. The summed E-state index contributed by atoms with van der Waals surface area (Å²) in [6.45, 7) is 0.986. The Kier molecular flexibility index (Phi) is 6.14. The first kappa shape index (κ1) is 20.1. The fraction of sp³-hybridized carbons (Fsp3) is 0.381. The van der Waals surface area contributed by atoms with Crippen LogP contribution in [0.4, 0.5) is 8.78 Å². The van der Waals surface area contributed by atoms with Crippen molar-refractivity contribution in [2.24, 2.45) is 10.7 Å². The van der Waals surface area contributed by atoms with Crippen molar-refractivity contribution in [1.82, 2.24) is 4.90 Å². The molecule has 1 heterocycles. The first-order valence-electron chi connectivity index (χ1n) is 9.23. The number of nitrogens with zero attached hydrogens (tertiary/aromatic N) is 2. The summed E-state index contributed by atoms with van der Waals surface area (Å²) >= 11 is 0. The second-order valence-corrected chi connectivity index (χ2v) is 6.84. The van der Waals surface area contributed by atoms with Crippen molar-refractivity contribution < 1.29 is 18.3 Å². The van der Waals surface area contributed by atoms with E-state index in [1.807, 2.05) is 30.1 Å². The normalized spacial score (nSPS) is 19.2. The van der Waals surface area contributed by atoms with E-state index < -0.39 is 12.2 Å². The van der Waals surface area contributed by atoms with Crippen LogP contribution in [0.5, 0.6) is 5.75 Å². The van der Waals surface area contributed by atoms with E-state index >= 15 is 0 Å². The van der Waals surface area contributed by atoms with Gasteiger partial charge in [-0.1, -0.05) is 43.3 Å². The molecule has 0 aliphatic carbocycles. The summed E-state index contributed by atoms with van der Waals surface area (Å²) in [6, 6.07) is 14.6. The van der Waals surface area contributed by atoms with E-state index in [9.17, 15) is 8.78 Å². The van der Waals surface area contributed by atoms with Gasteiger partial charge < -0.3 is 20.1 Å². The Morgan fingerprint density at radius 3 is 2.54 bits per heavy atom. The van der Waals surface area contributed by atoms with Gasteiger partial charge in [-0.05, 0) is 35.2 Å². The molecule has 1 aliphatic heterocycles. The molecule has 1 aliphatic rings. The number of aliphatic imine (C=N–C) groups is 1. The Hall–Kier alpha value is -2.67. The molecule has 0 radical (unpaired) electrons. The van der Waals surface area contributed by atoms with E-state index in [-0.39, 0.29) is 5.75 Å². The third-order valence-electron chi connectivity index (χ3n) is 4.74. The van der Waals surface area contributed by atoms with Crippen molar-refractivity contribution in [1.29, 1.82) is 0 Å². The summed E-state index contributed by atoms with van der Waals surface area (Å²) in [4.78, 5) is 6.64. The molecule has 2 N–H and O–H groups in total. The Morgan fingerprint density at radius 2 is 1.93 bits per heavy atom. The summed E-state index contributed by atoms with van der Waals surface area (Å²) in [5.41, 5.74) is 8.24. The third-order valence-corrected chi connectivity index (χ3v) is 4.74. The Balaban J connectivity index is 1.97. The molecule has 150 valence electrons. The number of halogens is 2.